The summed E-state index contributed by atoms with van der Waals surface area (Å²) in [5.74, 6) is 0.881. The van der Waals surface area contributed by atoms with Gasteiger partial charge >= 0.3 is 0 Å². The van der Waals surface area contributed by atoms with Crippen LogP contribution in [0.25, 0.3) is 0 Å². The van der Waals surface area contributed by atoms with E-state index in [1.54, 1.807) is 0 Å². The third-order valence-corrected chi connectivity index (χ3v) is 1.89. The van der Waals surface area contributed by atoms with Gasteiger partial charge in [-0.3, -0.25) is 0 Å². The number of unbranched alkanes of at least 4 members (excludes halogenated alkanes) is 1. The van der Waals surface area contributed by atoms with Crippen molar-refractivity contribution in [1.82, 2.24) is 0 Å². The second-order valence-corrected chi connectivity index (χ2v) is 3.07. The van der Waals surface area contributed by atoms with Gasteiger partial charge in [-0.1, -0.05) is 26.0 Å². The van der Waals surface area contributed by atoms with Crippen LogP contribution >= 0.6 is 0 Å². The van der Waals surface area contributed by atoms with Crippen LogP contribution in [0.2, 0.25) is 0 Å². The molecule has 0 spiro atoms. The lowest BCUT2D eigenvalue weighted by Crippen LogP contribution is -1.93. The van der Waals surface area contributed by atoms with E-state index in [2.05, 4.69) is 26.5 Å². The molecule has 1 aliphatic heterocycles. The highest BCUT2D eigenvalue weighted by Gasteiger charge is 2.18. The lowest BCUT2D eigenvalue weighted by atomic mass is 10.1. The smallest absolute Gasteiger partial charge is 0.115 e. The van der Waals surface area contributed by atoms with E-state index in [0.717, 1.165) is 18.6 Å². The molecule has 1 aliphatic rings. The molecule has 0 saturated carbocycles. The van der Waals surface area contributed by atoms with Gasteiger partial charge in [0.1, 0.15) is 11.9 Å². The number of ether oxygens (including phenoxy) is 1. The van der Waals surface area contributed by atoms with Crippen molar-refractivity contribution in [3.05, 3.63) is 24.0 Å². The molecule has 1 nitrogen and oxygen atoms in total. The molecule has 1 atom stereocenters. The summed E-state index contributed by atoms with van der Waals surface area (Å²) >= 11 is 0. The standard InChI is InChI=1S/C10H16O/c1-4-5-6-10-7-8(2)11-9(10)3/h6,8H,3-5,7H2,1-2H3/b10-6-. The second kappa shape index (κ2) is 3.61. The van der Waals surface area contributed by atoms with Crippen LogP contribution in [0.4, 0.5) is 0 Å². The first-order valence-electron chi connectivity index (χ1n) is 4.29. The Morgan fingerprint density at radius 3 is 2.91 bits per heavy atom. The third kappa shape index (κ3) is 2.11. The van der Waals surface area contributed by atoms with Crippen molar-refractivity contribution in [2.45, 2.75) is 39.2 Å². The van der Waals surface area contributed by atoms with Crippen molar-refractivity contribution >= 4 is 0 Å². The van der Waals surface area contributed by atoms with E-state index in [1.165, 1.54) is 12.0 Å². The van der Waals surface area contributed by atoms with Crippen molar-refractivity contribution in [3.63, 3.8) is 0 Å². The Labute approximate surface area is 68.8 Å². The van der Waals surface area contributed by atoms with Gasteiger partial charge in [-0.15, -0.1) is 0 Å². The molecule has 0 bridgehead atoms. The zero-order valence-electron chi connectivity index (χ0n) is 7.39. The molecule has 0 radical (unpaired) electrons. The van der Waals surface area contributed by atoms with E-state index >= 15 is 0 Å². The average Bonchev–Trinajstić information content (AvgIpc) is 2.26. The molecule has 1 heteroatoms. The van der Waals surface area contributed by atoms with Crippen LogP contribution in [0, 0.1) is 0 Å². The van der Waals surface area contributed by atoms with Crippen LogP contribution in [-0.4, -0.2) is 6.10 Å². The summed E-state index contributed by atoms with van der Waals surface area (Å²) < 4.78 is 5.41. The van der Waals surface area contributed by atoms with E-state index in [1.807, 2.05) is 0 Å². The topological polar surface area (TPSA) is 9.23 Å². The van der Waals surface area contributed by atoms with Crippen LogP contribution in [0.3, 0.4) is 0 Å². The fourth-order valence-electron chi connectivity index (χ4n) is 1.30. The SMILES string of the molecule is C=C1OC(C)C/C1=C/CCC. The molecule has 1 fully saturated rings. The first-order chi connectivity index (χ1) is 5.24. The lowest BCUT2D eigenvalue weighted by Gasteiger charge is -1.99. The van der Waals surface area contributed by atoms with E-state index in [9.17, 15) is 0 Å². The first-order valence-corrected chi connectivity index (χ1v) is 4.29. The van der Waals surface area contributed by atoms with Gasteiger partial charge < -0.3 is 4.74 Å². The van der Waals surface area contributed by atoms with Gasteiger partial charge in [-0.2, -0.15) is 0 Å². The third-order valence-electron chi connectivity index (χ3n) is 1.89. The Kier molecular flexibility index (Phi) is 2.75. The van der Waals surface area contributed by atoms with Gasteiger partial charge in [-0.05, 0) is 18.9 Å². The largest absolute Gasteiger partial charge is 0.491 e. The van der Waals surface area contributed by atoms with E-state index < -0.39 is 0 Å². The summed E-state index contributed by atoms with van der Waals surface area (Å²) in [5, 5.41) is 0. The highest BCUT2D eigenvalue weighted by molar-refractivity contribution is 5.27. The molecule has 1 unspecified atom stereocenters. The number of hydrogen-bond acceptors (Lipinski definition) is 1. The quantitative estimate of drug-likeness (QED) is 0.591. The van der Waals surface area contributed by atoms with Crippen LogP contribution in [0.1, 0.15) is 33.1 Å². The van der Waals surface area contributed by atoms with Crippen molar-refractivity contribution in [2.75, 3.05) is 0 Å². The highest BCUT2D eigenvalue weighted by Crippen LogP contribution is 2.27. The normalized spacial score (nSPS) is 27.6. The zero-order chi connectivity index (χ0) is 8.27. The van der Waals surface area contributed by atoms with E-state index in [4.69, 9.17) is 4.74 Å². The molecule has 0 amide bonds. The predicted molar refractivity (Wildman–Crippen MR) is 47.3 cm³/mol. The maximum atomic E-state index is 5.41. The minimum Gasteiger partial charge on any atom is -0.491 e. The molecule has 1 rings (SSSR count). The van der Waals surface area contributed by atoms with E-state index in [0.29, 0.717) is 6.10 Å². The molecular formula is C10H16O. The second-order valence-electron chi connectivity index (χ2n) is 3.07. The summed E-state index contributed by atoms with van der Waals surface area (Å²) in [5.41, 5.74) is 1.30. The molecule has 0 aromatic carbocycles. The van der Waals surface area contributed by atoms with Crippen LogP contribution in [-0.2, 0) is 4.74 Å². The van der Waals surface area contributed by atoms with Crippen molar-refractivity contribution in [1.29, 1.82) is 0 Å². The molecule has 11 heavy (non-hydrogen) atoms. The van der Waals surface area contributed by atoms with Crippen LogP contribution in [0.5, 0.6) is 0 Å². The minimum absolute atomic E-state index is 0.339. The molecule has 0 aliphatic carbocycles. The van der Waals surface area contributed by atoms with Gasteiger partial charge in [0.15, 0.2) is 0 Å². The molecule has 0 aromatic heterocycles. The first kappa shape index (κ1) is 8.38. The predicted octanol–water partition coefficient (Wildman–Crippen LogP) is 3.04. The van der Waals surface area contributed by atoms with Gasteiger partial charge in [0.2, 0.25) is 0 Å². The monoisotopic (exact) mass is 152 g/mol. The maximum Gasteiger partial charge on any atom is 0.115 e. The van der Waals surface area contributed by atoms with Gasteiger partial charge in [0, 0.05) is 6.42 Å². The lowest BCUT2D eigenvalue weighted by molar-refractivity contribution is 0.179. The van der Waals surface area contributed by atoms with Crippen molar-refractivity contribution in [3.8, 4) is 0 Å². The number of rotatable bonds is 2. The fraction of sp³-hybridized carbons (Fsp3) is 0.600. The Morgan fingerprint density at radius 2 is 2.45 bits per heavy atom. The Balaban J connectivity index is 2.52. The van der Waals surface area contributed by atoms with Crippen LogP contribution in [0.15, 0.2) is 24.0 Å². The molecule has 0 aromatic rings. The summed E-state index contributed by atoms with van der Waals surface area (Å²) in [7, 11) is 0. The summed E-state index contributed by atoms with van der Waals surface area (Å²) in [6.07, 6.45) is 5.96. The fourth-order valence-corrected chi connectivity index (χ4v) is 1.30. The van der Waals surface area contributed by atoms with Crippen molar-refractivity contribution < 1.29 is 4.74 Å². The molecule has 62 valence electrons. The summed E-state index contributed by atoms with van der Waals surface area (Å²) in [6, 6.07) is 0. The van der Waals surface area contributed by atoms with Gasteiger partial charge in [0.25, 0.3) is 0 Å². The van der Waals surface area contributed by atoms with Gasteiger partial charge in [0.05, 0.1) is 0 Å². The van der Waals surface area contributed by atoms with Gasteiger partial charge in [-0.25, -0.2) is 0 Å². The number of hydrogen-bond donors (Lipinski definition) is 0. The van der Waals surface area contributed by atoms with Crippen LogP contribution < -0.4 is 0 Å². The zero-order valence-corrected chi connectivity index (χ0v) is 7.39. The molecule has 0 N–H and O–H groups in total. The Hall–Kier alpha value is -0.720. The minimum atomic E-state index is 0.339. The number of allylic oxidation sites excluding steroid dienone is 2. The summed E-state index contributed by atoms with van der Waals surface area (Å²) in [4.78, 5) is 0. The summed E-state index contributed by atoms with van der Waals surface area (Å²) in [6.45, 7) is 8.11. The van der Waals surface area contributed by atoms with E-state index in [-0.39, 0.29) is 0 Å². The highest BCUT2D eigenvalue weighted by atomic mass is 16.5. The molecule has 1 heterocycles. The Bertz CT molecular complexity index is 179. The molecular weight excluding hydrogens is 136 g/mol. The molecule has 1 saturated heterocycles. The van der Waals surface area contributed by atoms with Crippen molar-refractivity contribution in [2.24, 2.45) is 0 Å². The average molecular weight is 152 g/mol. The maximum absolute atomic E-state index is 5.41. The Morgan fingerprint density at radius 1 is 1.73 bits per heavy atom.